The summed E-state index contributed by atoms with van der Waals surface area (Å²) in [5.74, 6) is -5.74. The molecule has 0 bridgehead atoms. The Morgan fingerprint density at radius 2 is 1.56 bits per heavy atom. The molecule has 230 valence electrons. The molecule has 0 saturated carbocycles. The number of carbonyl (C=O) groups is 3. The van der Waals surface area contributed by atoms with Gasteiger partial charge < -0.3 is 23.7 Å². The van der Waals surface area contributed by atoms with Crippen molar-refractivity contribution in [3.8, 4) is 23.1 Å². The summed E-state index contributed by atoms with van der Waals surface area (Å²) in [4.78, 5) is 40.6. The Morgan fingerprint density at radius 1 is 0.860 bits per heavy atom. The van der Waals surface area contributed by atoms with Crippen LogP contribution in [0.2, 0.25) is 5.02 Å². The third kappa shape index (κ3) is 8.98. The van der Waals surface area contributed by atoms with Crippen molar-refractivity contribution in [3.05, 3.63) is 76.4 Å². The van der Waals surface area contributed by atoms with Gasteiger partial charge in [-0.3, -0.25) is 4.79 Å². The van der Waals surface area contributed by atoms with Crippen molar-refractivity contribution in [1.82, 2.24) is 4.98 Å². The zero-order valence-corrected chi connectivity index (χ0v) is 23.0. The highest BCUT2D eigenvalue weighted by Crippen LogP contribution is 2.32. The molecule has 43 heavy (non-hydrogen) atoms. The second-order valence-electron chi connectivity index (χ2n) is 8.96. The fourth-order valence-corrected chi connectivity index (χ4v) is 3.48. The molecular weight excluding hydrogens is 616 g/mol. The first-order valence-electron chi connectivity index (χ1n) is 11.8. The lowest BCUT2D eigenvalue weighted by Gasteiger charge is -2.25. The second kappa shape index (κ2) is 12.8. The molecule has 3 aromatic rings. The lowest BCUT2D eigenvalue weighted by Crippen LogP contribution is -2.43. The number of benzene rings is 2. The molecule has 0 spiro atoms. The zero-order valence-electron chi connectivity index (χ0n) is 22.3. The number of alkyl halides is 6. The van der Waals surface area contributed by atoms with E-state index in [1.807, 2.05) is 0 Å². The number of rotatable bonds is 10. The number of esters is 2. The van der Waals surface area contributed by atoms with Crippen LogP contribution in [0.15, 0.2) is 54.7 Å². The fourth-order valence-electron chi connectivity index (χ4n) is 3.24. The Kier molecular flexibility index (Phi) is 9.79. The normalized spacial score (nSPS) is 11.9. The number of ketones is 1. The first-order chi connectivity index (χ1) is 19.9. The largest absolute Gasteiger partial charge is 0.573 e. The van der Waals surface area contributed by atoms with Crippen LogP contribution in [-0.2, 0) is 20.9 Å². The molecule has 0 aliphatic carbocycles. The van der Waals surface area contributed by atoms with E-state index < -0.39 is 41.6 Å². The second-order valence-corrected chi connectivity index (χ2v) is 9.37. The van der Waals surface area contributed by atoms with Crippen molar-refractivity contribution >= 4 is 29.3 Å². The molecule has 0 atom stereocenters. The average molecular weight is 636 g/mol. The summed E-state index contributed by atoms with van der Waals surface area (Å²) in [7, 11) is 1.29. The molecule has 0 N–H and O–H groups in total. The van der Waals surface area contributed by atoms with E-state index in [0.717, 1.165) is 26.1 Å². The van der Waals surface area contributed by atoms with Crippen LogP contribution >= 0.6 is 11.6 Å². The molecule has 0 fully saturated rings. The maximum absolute atomic E-state index is 13.3. The van der Waals surface area contributed by atoms with E-state index in [2.05, 4.69) is 14.5 Å². The Hall–Kier alpha value is -4.53. The molecule has 0 aliphatic rings. The number of nitrogens with zero attached hydrogens (tertiary/aromatic N) is 1. The van der Waals surface area contributed by atoms with Gasteiger partial charge in [0.2, 0.25) is 11.5 Å². The number of hydrogen-bond donors (Lipinski definition) is 0. The molecule has 3 rings (SSSR count). The van der Waals surface area contributed by atoms with Gasteiger partial charge in [0.05, 0.1) is 17.7 Å². The van der Waals surface area contributed by atoms with E-state index in [-0.39, 0.29) is 40.1 Å². The van der Waals surface area contributed by atoms with Gasteiger partial charge in [0, 0.05) is 23.9 Å². The molecule has 0 radical (unpaired) electrons. The van der Waals surface area contributed by atoms with E-state index in [9.17, 15) is 40.7 Å². The zero-order chi connectivity index (χ0) is 32.2. The van der Waals surface area contributed by atoms with Gasteiger partial charge in [0.15, 0.2) is 5.78 Å². The molecule has 0 aliphatic heterocycles. The smallest absolute Gasteiger partial charge is 0.497 e. The van der Waals surface area contributed by atoms with E-state index in [0.29, 0.717) is 5.56 Å². The van der Waals surface area contributed by atoms with Gasteiger partial charge in [0.1, 0.15) is 23.9 Å². The van der Waals surface area contributed by atoms with Gasteiger partial charge in [-0.1, -0.05) is 17.7 Å². The predicted octanol–water partition coefficient (Wildman–Crippen LogP) is 6.24. The molecule has 0 amide bonds. The van der Waals surface area contributed by atoms with Crippen LogP contribution in [-0.4, -0.2) is 48.0 Å². The summed E-state index contributed by atoms with van der Waals surface area (Å²) < 4.78 is 98.6. The SMILES string of the molecule is COc1ccc(C(=O)c2ccc(OCc3ccc(OC(F)(F)F)c(Cl)c3)nc2)c(OC(C)(C)C(=O)OC(=O)C(F)(F)F)c1. The fraction of sp³-hybridized carbons (Fsp3) is 0.259. The Bertz CT molecular complexity index is 1510. The predicted molar refractivity (Wildman–Crippen MR) is 135 cm³/mol. The average Bonchev–Trinajstić information content (AvgIpc) is 2.91. The van der Waals surface area contributed by atoms with E-state index in [4.69, 9.17) is 25.8 Å². The summed E-state index contributed by atoms with van der Waals surface area (Å²) >= 11 is 5.82. The van der Waals surface area contributed by atoms with Crippen molar-refractivity contribution < 1.29 is 64.4 Å². The topological polar surface area (TPSA) is 110 Å². The first kappa shape index (κ1) is 33.0. The summed E-state index contributed by atoms with van der Waals surface area (Å²) in [6, 6.07) is 10.0. The van der Waals surface area contributed by atoms with Crippen molar-refractivity contribution in [1.29, 1.82) is 0 Å². The van der Waals surface area contributed by atoms with Crippen LogP contribution in [0.25, 0.3) is 0 Å². The maximum Gasteiger partial charge on any atom is 0.573 e. The minimum absolute atomic E-state index is 0.00620. The Labute approximate surface area is 244 Å². The Morgan fingerprint density at radius 3 is 2.12 bits per heavy atom. The number of ether oxygens (including phenoxy) is 5. The van der Waals surface area contributed by atoms with Crippen LogP contribution < -0.4 is 18.9 Å². The van der Waals surface area contributed by atoms with Crippen molar-refractivity contribution in [2.45, 2.75) is 38.6 Å². The number of carbonyl (C=O) groups excluding carboxylic acids is 3. The minimum Gasteiger partial charge on any atom is -0.497 e. The first-order valence-corrected chi connectivity index (χ1v) is 12.2. The van der Waals surface area contributed by atoms with Gasteiger partial charge in [-0.25, -0.2) is 14.6 Å². The van der Waals surface area contributed by atoms with Gasteiger partial charge in [-0.05, 0) is 49.7 Å². The van der Waals surface area contributed by atoms with Gasteiger partial charge in [0.25, 0.3) is 0 Å². The van der Waals surface area contributed by atoms with Gasteiger partial charge in [-0.2, -0.15) is 13.2 Å². The highest BCUT2D eigenvalue weighted by Gasteiger charge is 2.45. The van der Waals surface area contributed by atoms with Crippen molar-refractivity contribution in [2.75, 3.05) is 7.11 Å². The standard InChI is InChI=1S/C27H20ClF6NO8/c1-25(2,23(37)41-24(38)26(29,30)31)42-20-11-16(39-3)6-7-17(20)22(36)15-5-9-21(35-12-15)40-13-14-4-8-19(18(28)10-14)43-27(32,33)34/h4-12H,13H2,1-3H3. The molecule has 2 aromatic carbocycles. The molecule has 0 saturated heterocycles. The molecule has 1 aromatic heterocycles. The summed E-state index contributed by atoms with van der Waals surface area (Å²) in [5.41, 5.74) is -1.90. The summed E-state index contributed by atoms with van der Waals surface area (Å²) in [6.45, 7) is 1.92. The van der Waals surface area contributed by atoms with E-state index in [1.54, 1.807) is 0 Å². The van der Waals surface area contributed by atoms with Crippen LogP contribution in [0.4, 0.5) is 26.3 Å². The Balaban J connectivity index is 1.75. The number of aromatic nitrogens is 1. The van der Waals surface area contributed by atoms with E-state index >= 15 is 0 Å². The quantitative estimate of drug-likeness (QED) is 0.111. The number of hydrogen-bond acceptors (Lipinski definition) is 9. The summed E-state index contributed by atoms with van der Waals surface area (Å²) in [5, 5.41) is -0.298. The third-order valence-corrected chi connectivity index (χ3v) is 5.61. The highest BCUT2D eigenvalue weighted by molar-refractivity contribution is 6.32. The molecule has 9 nitrogen and oxygen atoms in total. The van der Waals surface area contributed by atoms with Gasteiger partial charge in [-0.15, -0.1) is 13.2 Å². The number of halogens is 7. The van der Waals surface area contributed by atoms with Crippen molar-refractivity contribution in [2.24, 2.45) is 0 Å². The monoisotopic (exact) mass is 635 g/mol. The minimum atomic E-state index is -5.42. The molecular formula is C27H20ClF6NO8. The summed E-state index contributed by atoms with van der Waals surface area (Å²) in [6.07, 6.45) is -9.20. The van der Waals surface area contributed by atoms with Gasteiger partial charge >= 0.3 is 24.5 Å². The lowest BCUT2D eigenvalue weighted by molar-refractivity contribution is -0.274. The van der Waals surface area contributed by atoms with Crippen LogP contribution in [0.5, 0.6) is 23.1 Å². The van der Waals surface area contributed by atoms with Crippen molar-refractivity contribution in [3.63, 3.8) is 0 Å². The number of methoxy groups -OCH3 is 1. The molecule has 16 heteroatoms. The maximum atomic E-state index is 13.3. The molecule has 1 heterocycles. The molecule has 0 unspecified atom stereocenters. The van der Waals surface area contributed by atoms with Crippen LogP contribution in [0.3, 0.4) is 0 Å². The third-order valence-electron chi connectivity index (χ3n) is 5.31. The van der Waals surface area contributed by atoms with E-state index in [1.165, 1.54) is 49.6 Å². The van der Waals surface area contributed by atoms with Crippen LogP contribution in [0.1, 0.15) is 35.3 Å². The number of pyridine rings is 1. The highest BCUT2D eigenvalue weighted by atomic mass is 35.5. The van der Waals surface area contributed by atoms with Crippen LogP contribution in [0, 0.1) is 0 Å². The lowest BCUT2D eigenvalue weighted by atomic mass is 10.0.